The highest BCUT2D eigenvalue weighted by atomic mass is 16.2. The van der Waals surface area contributed by atoms with Crippen molar-refractivity contribution in [2.45, 2.75) is 13.8 Å². The number of rotatable bonds is 0. The third kappa shape index (κ3) is 2.77. The third-order valence-corrected chi connectivity index (χ3v) is 1.64. The van der Waals surface area contributed by atoms with Crippen molar-refractivity contribution in [1.29, 1.82) is 0 Å². The Labute approximate surface area is 89.8 Å². The zero-order valence-corrected chi connectivity index (χ0v) is 9.04. The first-order chi connectivity index (χ1) is 7.29. The van der Waals surface area contributed by atoms with Crippen LogP contribution in [0.1, 0.15) is 34.6 Å². The summed E-state index contributed by atoms with van der Waals surface area (Å²) in [4.78, 5) is 21.9. The van der Waals surface area contributed by atoms with Crippen molar-refractivity contribution in [2.75, 3.05) is 0 Å². The summed E-state index contributed by atoms with van der Waals surface area (Å²) in [5.41, 5.74) is 0.940. The second-order valence-corrected chi connectivity index (χ2v) is 2.33. The average molecular weight is 205 g/mol. The fourth-order valence-corrected chi connectivity index (χ4v) is 1.12. The van der Waals surface area contributed by atoms with E-state index in [2.05, 4.69) is 18.5 Å². The molecule has 1 aromatic rings. The second-order valence-electron chi connectivity index (χ2n) is 2.33. The molecule has 3 heteroatoms. The lowest BCUT2D eigenvalue weighted by atomic mass is 10.1. The van der Waals surface area contributed by atoms with Crippen molar-refractivity contribution in [1.82, 2.24) is 5.32 Å². The summed E-state index contributed by atoms with van der Waals surface area (Å²) in [6.07, 6.45) is 0. The van der Waals surface area contributed by atoms with E-state index in [1.54, 1.807) is 24.3 Å². The van der Waals surface area contributed by atoms with Crippen molar-refractivity contribution in [3.05, 3.63) is 48.6 Å². The number of carbonyl (C=O) groups excluding carboxylic acids is 2. The van der Waals surface area contributed by atoms with Gasteiger partial charge in [-0.1, -0.05) is 26.0 Å². The summed E-state index contributed by atoms with van der Waals surface area (Å²) < 4.78 is 0. The number of fused-ring (bicyclic) bond motifs is 1. The minimum Gasteiger partial charge on any atom is -0.288 e. The molecule has 1 aliphatic heterocycles. The molecule has 15 heavy (non-hydrogen) atoms. The minimum atomic E-state index is -0.300. The van der Waals surface area contributed by atoms with Crippen LogP contribution in [0.3, 0.4) is 0 Å². The van der Waals surface area contributed by atoms with Crippen LogP contribution in [0.25, 0.3) is 0 Å². The number of amides is 2. The van der Waals surface area contributed by atoms with Gasteiger partial charge in [-0.25, -0.2) is 0 Å². The molecule has 0 aliphatic carbocycles. The summed E-state index contributed by atoms with van der Waals surface area (Å²) in [7, 11) is 0. The van der Waals surface area contributed by atoms with Crippen molar-refractivity contribution >= 4 is 11.8 Å². The van der Waals surface area contributed by atoms with Gasteiger partial charge in [0.1, 0.15) is 0 Å². The van der Waals surface area contributed by atoms with E-state index in [-0.39, 0.29) is 11.8 Å². The monoisotopic (exact) mass is 205 g/mol. The topological polar surface area (TPSA) is 46.2 Å². The van der Waals surface area contributed by atoms with Crippen molar-refractivity contribution in [2.24, 2.45) is 0 Å². The molecule has 0 spiro atoms. The van der Waals surface area contributed by atoms with Gasteiger partial charge in [-0.05, 0) is 12.1 Å². The maximum Gasteiger partial charge on any atom is 0.258 e. The Hall–Kier alpha value is -1.90. The Morgan fingerprint density at radius 3 is 1.60 bits per heavy atom. The van der Waals surface area contributed by atoms with Crippen LogP contribution in [0.4, 0.5) is 0 Å². The summed E-state index contributed by atoms with van der Waals surface area (Å²) in [5, 5.41) is 2.20. The van der Waals surface area contributed by atoms with Gasteiger partial charge in [0.2, 0.25) is 0 Å². The van der Waals surface area contributed by atoms with Crippen LogP contribution in [0, 0.1) is 0 Å². The van der Waals surface area contributed by atoms with Crippen LogP contribution in [0.15, 0.2) is 37.4 Å². The molecule has 1 N–H and O–H groups in total. The second kappa shape index (κ2) is 6.54. The number of hydrogen-bond donors (Lipinski definition) is 1. The van der Waals surface area contributed by atoms with Crippen LogP contribution in [-0.2, 0) is 0 Å². The average Bonchev–Trinajstić information content (AvgIpc) is 2.61. The molecule has 1 heterocycles. The number of imide groups is 1. The maximum atomic E-state index is 10.9. The molecule has 3 nitrogen and oxygen atoms in total. The van der Waals surface area contributed by atoms with Gasteiger partial charge >= 0.3 is 0 Å². The van der Waals surface area contributed by atoms with E-state index in [1.807, 2.05) is 13.8 Å². The highest BCUT2D eigenvalue weighted by molar-refractivity contribution is 6.21. The molecule has 80 valence electrons. The van der Waals surface area contributed by atoms with Gasteiger partial charge in [0.25, 0.3) is 11.8 Å². The van der Waals surface area contributed by atoms with E-state index in [0.29, 0.717) is 11.1 Å². The Balaban J connectivity index is 0.000000442. The number of hydrogen-bond acceptors (Lipinski definition) is 2. The summed E-state index contributed by atoms with van der Waals surface area (Å²) in [6, 6.07) is 6.74. The first kappa shape index (κ1) is 13.1. The molecule has 0 unspecified atom stereocenters. The SMILES string of the molecule is C=C.CC.O=C1NC(=O)c2ccccc21. The van der Waals surface area contributed by atoms with E-state index in [0.717, 1.165) is 0 Å². The van der Waals surface area contributed by atoms with E-state index < -0.39 is 0 Å². The van der Waals surface area contributed by atoms with E-state index in [9.17, 15) is 9.59 Å². The molecule has 0 saturated heterocycles. The number of nitrogens with one attached hydrogen (secondary N) is 1. The molecule has 2 amide bonds. The van der Waals surface area contributed by atoms with Crippen molar-refractivity contribution in [3.63, 3.8) is 0 Å². The Morgan fingerprint density at radius 1 is 0.933 bits per heavy atom. The summed E-state index contributed by atoms with van der Waals surface area (Å²) in [5.74, 6) is -0.601. The van der Waals surface area contributed by atoms with Gasteiger partial charge in [0.05, 0.1) is 11.1 Å². The van der Waals surface area contributed by atoms with Crippen LogP contribution in [-0.4, -0.2) is 11.8 Å². The zero-order valence-electron chi connectivity index (χ0n) is 9.04. The largest absolute Gasteiger partial charge is 0.288 e. The van der Waals surface area contributed by atoms with Crippen LogP contribution in [0.2, 0.25) is 0 Å². The standard InChI is InChI=1S/C8H5NO2.C2H6.C2H4/c10-7-5-3-1-2-4-6(5)8(11)9-7;2*1-2/h1-4H,(H,9,10,11);1-2H3;1-2H2. The predicted molar refractivity (Wildman–Crippen MR) is 60.8 cm³/mol. The van der Waals surface area contributed by atoms with Gasteiger partial charge in [0.15, 0.2) is 0 Å². The molecular weight excluding hydrogens is 190 g/mol. The van der Waals surface area contributed by atoms with Crippen LogP contribution < -0.4 is 5.32 Å². The fraction of sp³-hybridized carbons (Fsp3) is 0.167. The molecule has 0 atom stereocenters. The normalized spacial score (nSPS) is 11.3. The molecular formula is C12H15NO2. The van der Waals surface area contributed by atoms with E-state index in [1.165, 1.54) is 0 Å². The van der Waals surface area contributed by atoms with E-state index >= 15 is 0 Å². The lowest BCUT2D eigenvalue weighted by Crippen LogP contribution is -2.19. The zero-order chi connectivity index (χ0) is 11.8. The van der Waals surface area contributed by atoms with E-state index in [4.69, 9.17) is 0 Å². The minimum absolute atomic E-state index is 0.300. The molecule has 0 bridgehead atoms. The van der Waals surface area contributed by atoms with Crippen LogP contribution in [0.5, 0.6) is 0 Å². The van der Waals surface area contributed by atoms with Crippen LogP contribution >= 0.6 is 0 Å². The van der Waals surface area contributed by atoms with Gasteiger partial charge in [-0.15, -0.1) is 13.2 Å². The lowest BCUT2D eigenvalue weighted by Gasteiger charge is -1.88. The number of carbonyl (C=O) groups is 2. The Bertz CT molecular complexity index is 325. The van der Waals surface area contributed by atoms with Gasteiger partial charge in [-0.2, -0.15) is 0 Å². The summed E-state index contributed by atoms with van der Waals surface area (Å²) in [6.45, 7) is 10.0. The van der Waals surface area contributed by atoms with Gasteiger partial charge in [0, 0.05) is 0 Å². The molecule has 1 aromatic carbocycles. The third-order valence-electron chi connectivity index (χ3n) is 1.64. The van der Waals surface area contributed by atoms with Crippen molar-refractivity contribution in [3.8, 4) is 0 Å². The first-order valence-corrected chi connectivity index (χ1v) is 4.74. The molecule has 2 rings (SSSR count). The Morgan fingerprint density at radius 2 is 1.27 bits per heavy atom. The number of benzene rings is 1. The Kier molecular flexibility index (Phi) is 5.71. The van der Waals surface area contributed by atoms with Gasteiger partial charge in [-0.3, -0.25) is 14.9 Å². The lowest BCUT2D eigenvalue weighted by molar-refractivity contribution is 0.0879. The molecule has 1 aliphatic rings. The fourth-order valence-electron chi connectivity index (χ4n) is 1.12. The van der Waals surface area contributed by atoms with Crippen molar-refractivity contribution < 1.29 is 9.59 Å². The first-order valence-electron chi connectivity index (χ1n) is 4.74. The summed E-state index contributed by atoms with van der Waals surface area (Å²) >= 11 is 0. The molecule has 0 saturated carbocycles. The molecule has 0 aromatic heterocycles. The highest BCUT2D eigenvalue weighted by Gasteiger charge is 2.25. The quantitative estimate of drug-likeness (QED) is 0.522. The van der Waals surface area contributed by atoms with Gasteiger partial charge < -0.3 is 0 Å². The molecule has 0 fully saturated rings. The molecule has 0 radical (unpaired) electrons. The smallest absolute Gasteiger partial charge is 0.258 e. The highest BCUT2D eigenvalue weighted by Crippen LogP contribution is 2.13. The predicted octanol–water partition coefficient (Wildman–Crippen LogP) is 2.40. The maximum absolute atomic E-state index is 10.9.